The number of benzene rings is 1. The van der Waals surface area contributed by atoms with Gasteiger partial charge in [0.25, 0.3) is 5.91 Å². The molecule has 0 bridgehead atoms. The first-order valence-corrected chi connectivity index (χ1v) is 7.90. The van der Waals surface area contributed by atoms with Crippen molar-refractivity contribution in [1.82, 2.24) is 10.3 Å². The Morgan fingerprint density at radius 2 is 1.91 bits per heavy atom. The van der Waals surface area contributed by atoms with Gasteiger partial charge in [-0.2, -0.15) is 30.0 Å². The molecule has 1 heterocycles. The molecule has 1 amide bonds. The lowest BCUT2D eigenvalue weighted by atomic mass is 10.1. The van der Waals surface area contributed by atoms with E-state index >= 15 is 0 Å². The Bertz CT molecular complexity index is 525. The Labute approximate surface area is 130 Å². The molecule has 1 aromatic carbocycles. The van der Waals surface area contributed by atoms with Crippen LogP contribution in [0.1, 0.15) is 11.1 Å². The van der Waals surface area contributed by atoms with Crippen molar-refractivity contribution in [3.8, 4) is 0 Å². The fourth-order valence-electron chi connectivity index (χ4n) is 1.93. The molecule has 1 fully saturated rings. The lowest BCUT2D eigenvalue weighted by Crippen LogP contribution is -2.40. The average molecular weight is 331 g/mol. The summed E-state index contributed by atoms with van der Waals surface area (Å²) in [6, 6.07) is 4.57. The van der Waals surface area contributed by atoms with Crippen LogP contribution in [-0.4, -0.2) is 48.2 Å². The molecule has 120 valence electrons. The summed E-state index contributed by atoms with van der Waals surface area (Å²) in [6.45, 7) is 2.03. The van der Waals surface area contributed by atoms with Crippen molar-refractivity contribution >= 4 is 23.9 Å². The molecule has 22 heavy (non-hydrogen) atoms. The molecule has 8 heteroatoms. The number of carbonyl (C=O) groups excluding carboxylic acids is 1. The minimum atomic E-state index is -4.35. The van der Waals surface area contributed by atoms with E-state index in [-0.39, 0.29) is 12.5 Å². The number of thioether (sulfide) groups is 1. The van der Waals surface area contributed by atoms with Crippen LogP contribution in [0.5, 0.6) is 0 Å². The number of alkyl halides is 3. The quantitative estimate of drug-likeness (QED) is 0.680. The Hall–Kier alpha value is -1.54. The van der Waals surface area contributed by atoms with Gasteiger partial charge in [-0.15, -0.1) is 0 Å². The lowest BCUT2D eigenvalue weighted by molar-refractivity contribution is -0.137. The van der Waals surface area contributed by atoms with Gasteiger partial charge in [0.15, 0.2) is 0 Å². The van der Waals surface area contributed by atoms with Gasteiger partial charge in [-0.05, 0) is 17.7 Å². The van der Waals surface area contributed by atoms with Crippen molar-refractivity contribution in [3.63, 3.8) is 0 Å². The Morgan fingerprint density at radius 1 is 1.27 bits per heavy atom. The Balaban J connectivity index is 1.80. The number of halogens is 3. The molecule has 0 radical (unpaired) electrons. The van der Waals surface area contributed by atoms with Gasteiger partial charge >= 0.3 is 6.18 Å². The molecule has 1 aliphatic rings. The van der Waals surface area contributed by atoms with E-state index in [4.69, 9.17) is 0 Å². The second kappa shape index (κ2) is 7.64. The molecular weight excluding hydrogens is 315 g/mol. The van der Waals surface area contributed by atoms with Gasteiger partial charge in [0.05, 0.1) is 18.3 Å². The van der Waals surface area contributed by atoms with E-state index in [1.54, 1.807) is 0 Å². The molecule has 0 unspecified atom stereocenters. The molecule has 0 aromatic heterocycles. The maximum absolute atomic E-state index is 12.4. The summed E-state index contributed by atoms with van der Waals surface area (Å²) in [5.41, 5.74) is 2.16. The summed E-state index contributed by atoms with van der Waals surface area (Å²) < 4.78 is 37.2. The van der Waals surface area contributed by atoms with Gasteiger partial charge < -0.3 is 0 Å². The summed E-state index contributed by atoms with van der Waals surface area (Å²) in [7, 11) is 0. The monoisotopic (exact) mass is 331 g/mol. The van der Waals surface area contributed by atoms with Crippen molar-refractivity contribution in [2.45, 2.75) is 6.18 Å². The minimum Gasteiger partial charge on any atom is -0.293 e. The van der Waals surface area contributed by atoms with E-state index < -0.39 is 11.7 Å². The zero-order chi connectivity index (χ0) is 16.0. The van der Waals surface area contributed by atoms with E-state index in [0.29, 0.717) is 5.56 Å². The van der Waals surface area contributed by atoms with E-state index in [1.165, 1.54) is 18.3 Å². The number of nitrogens with zero attached hydrogens (tertiary/aromatic N) is 2. The van der Waals surface area contributed by atoms with Gasteiger partial charge in [0.1, 0.15) is 0 Å². The third-order valence-corrected chi connectivity index (χ3v) is 4.05. The number of hydrogen-bond acceptors (Lipinski definition) is 4. The number of hydrazone groups is 1. The Kier molecular flexibility index (Phi) is 5.84. The first kappa shape index (κ1) is 16.8. The molecule has 4 nitrogen and oxygen atoms in total. The van der Waals surface area contributed by atoms with Crippen LogP contribution in [0.4, 0.5) is 13.2 Å². The van der Waals surface area contributed by atoms with Crippen molar-refractivity contribution < 1.29 is 18.0 Å². The van der Waals surface area contributed by atoms with Crippen molar-refractivity contribution in [2.24, 2.45) is 5.10 Å². The van der Waals surface area contributed by atoms with E-state index in [1.807, 2.05) is 16.7 Å². The van der Waals surface area contributed by atoms with Crippen LogP contribution in [0.2, 0.25) is 0 Å². The van der Waals surface area contributed by atoms with Gasteiger partial charge in [0, 0.05) is 24.6 Å². The predicted molar refractivity (Wildman–Crippen MR) is 80.9 cm³/mol. The van der Waals surface area contributed by atoms with Crippen LogP contribution in [0.25, 0.3) is 0 Å². The minimum absolute atomic E-state index is 0.227. The summed E-state index contributed by atoms with van der Waals surface area (Å²) >= 11 is 1.86. The van der Waals surface area contributed by atoms with E-state index in [9.17, 15) is 18.0 Å². The first-order chi connectivity index (χ1) is 10.4. The second-order valence-corrected chi connectivity index (χ2v) is 6.03. The topological polar surface area (TPSA) is 44.7 Å². The van der Waals surface area contributed by atoms with E-state index in [0.717, 1.165) is 36.7 Å². The second-order valence-electron chi connectivity index (χ2n) is 4.80. The van der Waals surface area contributed by atoms with Gasteiger partial charge in [-0.25, -0.2) is 5.43 Å². The third-order valence-electron chi connectivity index (χ3n) is 3.11. The lowest BCUT2D eigenvalue weighted by Gasteiger charge is -2.24. The summed E-state index contributed by atoms with van der Waals surface area (Å²) in [5.74, 6) is 1.81. The van der Waals surface area contributed by atoms with Crippen LogP contribution < -0.4 is 5.43 Å². The highest BCUT2D eigenvalue weighted by Crippen LogP contribution is 2.28. The third kappa shape index (κ3) is 5.34. The van der Waals surface area contributed by atoms with Crippen LogP contribution in [0.15, 0.2) is 29.4 Å². The fraction of sp³-hybridized carbons (Fsp3) is 0.429. The molecule has 1 aliphatic heterocycles. The SMILES string of the molecule is O=C(CN1CCSCC1)NN=Cc1ccc(C(F)(F)F)cc1. The maximum Gasteiger partial charge on any atom is 0.416 e. The standard InChI is InChI=1S/C14H16F3N3OS/c15-14(16,17)12-3-1-11(2-4-12)9-18-19-13(21)10-20-5-7-22-8-6-20/h1-4,9H,5-8,10H2,(H,19,21). The van der Waals surface area contributed by atoms with Gasteiger partial charge in [0.2, 0.25) is 0 Å². The summed E-state index contributed by atoms with van der Waals surface area (Å²) in [6.07, 6.45) is -3.03. The fourth-order valence-corrected chi connectivity index (χ4v) is 2.91. The largest absolute Gasteiger partial charge is 0.416 e. The maximum atomic E-state index is 12.4. The van der Waals surface area contributed by atoms with Crippen molar-refractivity contribution in [1.29, 1.82) is 0 Å². The highest BCUT2D eigenvalue weighted by molar-refractivity contribution is 7.99. The molecular formula is C14H16F3N3OS. The number of nitrogens with one attached hydrogen (secondary N) is 1. The van der Waals surface area contributed by atoms with Crippen LogP contribution in [0.3, 0.4) is 0 Å². The van der Waals surface area contributed by atoms with Crippen LogP contribution in [0, 0.1) is 0 Å². The highest BCUT2D eigenvalue weighted by Gasteiger charge is 2.29. The van der Waals surface area contributed by atoms with Crippen LogP contribution in [-0.2, 0) is 11.0 Å². The van der Waals surface area contributed by atoms with E-state index in [2.05, 4.69) is 10.5 Å². The normalized spacial score (nSPS) is 16.9. The molecule has 1 aromatic rings. The number of hydrogen-bond donors (Lipinski definition) is 1. The highest BCUT2D eigenvalue weighted by atomic mass is 32.2. The smallest absolute Gasteiger partial charge is 0.293 e. The van der Waals surface area contributed by atoms with Gasteiger partial charge in [-0.3, -0.25) is 9.69 Å². The molecule has 0 atom stereocenters. The average Bonchev–Trinajstić information content (AvgIpc) is 2.48. The number of rotatable bonds is 4. The molecule has 0 spiro atoms. The zero-order valence-electron chi connectivity index (χ0n) is 11.8. The molecule has 0 aliphatic carbocycles. The predicted octanol–water partition coefficient (Wildman–Crippen LogP) is 2.20. The first-order valence-electron chi connectivity index (χ1n) is 6.74. The molecule has 0 saturated carbocycles. The Morgan fingerprint density at radius 3 is 2.50 bits per heavy atom. The number of amides is 1. The van der Waals surface area contributed by atoms with Crippen molar-refractivity contribution in [2.75, 3.05) is 31.1 Å². The molecule has 1 N–H and O–H groups in total. The molecule has 1 saturated heterocycles. The van der Waals surface area contributed by atoms with Crippen LogP contribution >= 0.6 is 11.8 Å². The summed E-state index contributed by atoms with van der Waals surface area (Å²) in [5, 5.41) is 3.76. The molecule has 2 rings (SSSR count). The van der Waals surface area contributed by atoms with Gasteiger partial charge in [-0.1, -0.05) is 12.1 Å². The summed E-state index contributed by atoms with van der Waals surface area (Å²) in [4.78, 5) is 13.7. The number of carbonyl (C=O) groups is 1. The zero-order valence-corrected chi connectivity index (χ0v) is 12.6. The van der Waals surface area contributed by atoms with Crippen molar-refractivity contribution in [3.05, 3.63) is 35.4 Å².